The molecule has 9 nitrogen and oxygen atoms in total. The Morgan fingerprint density at radius 1 is 1.39 bits per heavy atom. The SMILES string of the molecule is COc1cnc(C)cc1C(=O)N1CC[C@]2(CO)CCCN(C(=O)CSC)[C@H]2C1.O=CO. The number of aryl methyl sites for hydroxylation is 1. The molecule has 0 saturated carbocycles. The highest BCUT2D eigenvalue weighted by Crippen LogP contribution is 2.42. The summed E-state index contributed by atoms with van der Waals surface area (Å²) in [5.74, 6) is 0.843. The molecule has 2 aliphatic rings. The number of carbonyl (C=O) groups excluding carboxylic acids is 2. The van der Waals surface area contributed by atoms with Gasteiger partial charge in [0.2, 0.25) is 5.91 Å². The van der Waals surface area contributed by atoms with Crippen LogP contribution in [0.1, 0.15) is 35.3 Å². The van der Waals surface area contributed by atoms with Crippen molar-refractivity contribution in [3.8, 4) is 5.75 Å². The van der Waals surface area contributed by atoms with E-state index >= 15 is 0 Å². The van der Waals surface area contributed by atoms with E-state index in [-0.39, 0.29) is 36.4 Å². The minimum Gasteiger partial charge on any atom is -0.494 e. The highest BCUT2D eigenvalue weighted by molar-refractivity contribution is 7.99. The summed E-state index contributed by atoms with van der Waals surface area (Å²) in [7, 11) is 1.53. The number of methoxy groups -OCH3 is 1. The number of hydrogen-bond donors (Lipinski definition) is 2. The van der Waals surface area contributed by atoms with Crippen LogP contribution in [0, 0.1) is 12.3 Å². The third-order valence-corrected chi connectivity index (χ3v) is 6.61. The Hall–Kier alpha value is -2.33. The second kappa shape index (κ2) is 11.3. The summed E-state index contributed by atoms with van der Waals surface area (Å²) in [6.07, 6.45) is 5.95. The zero-order chi connectivity index (χ0) is 23.0. The summed E-state index contributed by atoms with van der Waals surface area (Å²) >= 11 is 1.50. The molecular weight excluding hydrogens is 422 g/mol. The van der Waals surface area contributed by atoms with Crippen LogP contribution in [0.15, 0.2) is 12.3 Å². The number of aliphatic hydroxyl groups is 1. The fourth-order valence-electron chi connectivity index (χ4n) is 4.50. The van der Waals surface area contributed by atoms with E-state index in [1.165, 1.54) is 18.9 Å². The van der Waals surface area contributed by atoms with Gasteiger partial charge in [-0.05, 0) is 38.5 Å². The average molecular weight is 454 g/mol. The number of hydrogen-bond acceptors (Lipinski definition) is 7. The Bertz CT molecular complexity index is 792. The Balaban J connectivity index is 0.00000107. The van der Waals surface area contributed by atoms with Crippen LogP contribution in [-0.2, 0) is 9.59 Å². The number of rotatable bonds is 5. The van der Waals surface area contributed by atoms with Crippen molar-refractivity contribution in [3.05, 3.63) is 23.5 Å². The normalized spacial score (nSPS) is 22.6. The molecule has 2 amide bonds. The van der Waals surface area contributed by atoms with Crippen LogP contribution in [0.25, 0.3) is 0 Å². The van der Waals surface area contributed by atoms with E-state index in [0.717, 1.165) is 18.5 Å². The number of carbonyl (C=O) groups is 3. The third-order valence-electron chi connectivity index (χ3n) is 6.07. The molecule has 2 fully saturated rings. The molecule has 2 saturated heterocycles. The van der Waals surface area contributed by atoms with Gasteiger partial charge < -0.3 is 24.7 Å². The van der Waals surface area contributed by atoms with Crippen molar-refractivity contribution in [2.75, 3.05) is 45.4 Å². The lowest BCUT2D eigenvalue weighted by Crippen LogP contribution is -2.64. The van der Waals surface area contributed by atoms with E-state index in [1.54, 1.807) is 17.2 Å². The molecule has 2 aliphatic heterocycles. The first-order valence-corrected chi connectivity index (χ1v) is 11.5. The largest absolute Gasteiger partial charge is 0.494 e. The van der Waals surface area contributed by atoms with Crippen molar-refractivity contribution in [2.24, 2.45) is 5.41 Å². The van der Waals surface area contributed by atoms with Gasteiger partial charge in [0.1, 0.15) is 5.75 Å². The van der Waals surface area contributed by atoms with Crippen LogP contribution in [0.5, 0.6) is 5.75 Å². The van der Waals surface area contributed by atoms with Crippen molar-refractivity contribution < 1.29 is 29.3 Å². The van der Waals surface area contributed by atoms with Gasteiger partial charge in [-0.15, -0.1) is 0 Å². The summed E-state index contributed by atoms with van der Waals surface area (Å²) in [5.41, 5.74) is 0.922. The predicted molar refractivity (Wildman–Crippen MR) is 117 cm³/mol. The summed E-state index contributed by atoms with van der Waals surface area (Å²) in [6.45, 7) is 3.31. The lowest BCUT2D eigenvalue weighted by molar-refractivity contribution is -0.143. The highest BCUT2D eigenvalue weighted by atomic mass is 32.2. The van der Waals surface area contributed by atoms with Crippen molar-refractivity contribution >= 4 is 30.0 Å². The zero-order valence-corrected chi connectivity index (χ0v) is 19.1. The van der Waals surface area contributed by atoms with Crippen molar-refractivity contribution in [3.63, 3.8) is 0 Å². The van der Waals surface area contributed by atoms with Crippen molar-refractivity contribution in [1.29, 1.82) is 0 Å². The van der Waals surface area contributed by atoms with Gasteiger partial charge in [0, 0.05) is 30.7 Å². The van der Waals surface area contributed by atoms with Gasteiger partial charge in [0.05, 0.1) is 37.3 Å². The second-order valence-electron chi connectivity index (χ2n) is 7.79. The maximum Gasteiger partial charge on any atom is 0.290 e. The van der Waals surface area contributed by atoms with E-state index in [2.05, 4.69) is 4.98 Å². The average Bonchev–Trinajstić information content (AvgIpc) is 2.78. The smallest absolute Gasteiger partial charge is 0.290 e. The van der Waals surface area contributed by atoms with Crippen molar-refractivity contribution in [2.45, 2.75) is 32.2 Å². The first-order valence-electron chi connectivity index (χ1n) is 10.1. The van der Waals surface area contributed by atoms with E-state index in [1.807, 2.05) is 18.1 Å². The fraction of sp³-hybridized carbons (Fsp3) is 0.619. The number of thioether (sulfide) groups is 1. The number of aliphatic hydroxyl groups excluding tert-OH is 1. The maximum absolute atomic E-state index is 13.2. The summed E-state index contributed by atoms with van der Waals surface area (Å²) in [4.78, 5) is 42.2. The van der Waals surface area contributed by atoms with E-state index in [0.29, 0.717) is 43.1 Å². The number of ether oxygens (including phenoxy) is 1. The van der Waals surface area contributed by atoms with Gasteiger partial charge >= 0.3 is 0 Å². The molecule has 0 unspecified atom stereocenters. The first-order chi connectivity index (χ1) is 14.9. The molecule has 2 N–H and O–H groups in total. The van der Waals surface area contributed by atoms with E-state index in [9.17, 15) is 14.7 Å². The van der Waals surface area contributed by atoms with Crippen molar-refractivity contribution in [1.82, 2.24) is 14.8 Å². The van der Waals surface area contributed by atoms with E-state index < -0.39 is 0 Å². The molecule has 0 spiro atoms. The van der Waals surface area contributed by atoms with Crippen LogP contribution < -0.4 is 4.74 Å². The molecule has 1 aromatic rings. The molecule has 3 rings (SSSR count). The topological polar surface area (TPSA) is 120 Å². The minimum atomic E-state index is -0.318. The van der Waals surface area contributed by atoms with Gasteiger partial charge in [0.15, 0.2) is 0 Å². The molecule has 3 heterocycles. The summed E-state index contributed by atoms with van der Waals surface area (Å²) in [5, 5.41) is 17.1. The Kier molecular flexibility index (Phi) is 9.12. The number of likely N-dealkylation sites (tertiary alicyclic amines) is 2. The van der Waals surface area contributed by atoms with Gasteiger partial charge in [-0.1, -0.05) is 0 Å². The van der Waals surface area contributed by atoms with Crippen LogP contribution in [-0.4, -0.2) is 94.7 Å². The standard InChI is InChI=1S/C20H29N3O4S.CH2O2/c1-14-9-15(16(27-2)10-21-14)19(26)22-8-6-20(13-24)5-4-7-23(17(20)11-22)18(25)12-28-3;2-1-3/h9-10,17,24H,4-8,11-13H2,1-3H3;1H,(H,2,3)/t17-,20-;/m0./s1. The number of nitrogens with zero attached hydrogens (tertiary/aromatic N) is 3. The number of fused-ring (bicyclic) bond motifs is 1. The second-order valence-corrected chi connectivity index (χ2v) is 8.66. The van der Waals surface area contributed by atoms with Crippen LogP contribution in [0.2, 0.25) is 0 Å². The fourth-order valence-corrected chi connectivity index (χ4v) is 4.91. The molecule has 172 valence electrons. The van der Waals surface area contributed by atoms with Crippen LogP contribution in [0.3, 0.4) is 0 Å². The predicted octanol–water partition coefficient (Wildman–Crippen LogP) is 1.28. The molecule has 0 radical (unpaired) electrons. The van der Waals surface area contributed by atoms with Gasteiger partial charge in [-0.2, -0.15) is 11.8 Å². The first kappa shape index (κ1) is 24.9. The van der Waals surface area contributed by atoms with Gasteiger partial charge in [0.25, 0.3) is 12.4 Å². The molecule has 2 atom stereocenters. The van der Waals surface area contributed by atoms with Crippen LogP contribution in [0.4, 0.5) is 0 Å². The van der Waals surface area contributed by atoms with E-state index in [4.69, 9.17) is 14.6 Å². The van der Waals surface area contributed by atoms with Gasteiger partial charge in [-0.3, -0.25) is 19.4 Å². The summed E-state index contributed by atoms with van der Waals surface area (Å²) < 4.78 is 5.33. The number of amides is 2. The van der Waals surface area contributed by atoms with Gasteiger partial charge in [-0.25, -0.2) is 0 Å². The molecular formula is C21H31N3O6S. The lowest BCUT2D eigenvalue weighted by Gasteiger charge is -2.54. The number of piperidine rings is 2. The highest BCUT2D eigenvalue weighted by Gasteiger charge is 2.49. The van der Waals surface area contributed by atoms with Crippen LogP contribution >= 0.6 is 11.8 Å². The molecule has 0 aromatic carbocycles. The number of carboxylic acid groups (broad SMARTS) is 1. The molecule has 0 bridgehead atoms. The molecule has 10 heteroatoms. The minimum absolute atomic E-state index is 0.0421. The number of pyridine rings is 1. The maximum atomic E-state index is 13.2. The molecule has 0 aliphatic carbocycles. The third kappa shape index (κ3) is 5.48. The number of aromatic nitrogens is 1. The monoisotopic (exact) mass is 453 g/mol. The Labute approximate surface area is 186 Å². The Morgan fingerprint density at radius 3 is 2.71 bits per heavy atom. The molecule has 1 aromatic heterocycles. The lowest BCUT2D eigenvalue weighted by atomic mass is 9.69. The Morgan fingerprint density at radius 2 is 2.10 bits per heavy atom. The quantitative estimate of drug-likeness (QED) is 0.640. The summed E-state index contributed by atoms with van der Waals surface area (Å²) in [6, 6.07) is 1.59. The molecule has 31 heavy (non-hydrogen) atoms. The zero-order valence-electron chi connectivity index (χ0n) is 18.2.